The number of nitrogens with one attached hydrogen (secondary N) is 1. The van der Waals surface area contributed by atoms with Crippen molar-refractivity contribution in [3.05, 3.63) is 42.4 Å². The molecule has 27 heavy (non-hydrogen) atoms. The van der Waals surface area contributed by atoms with E-state index in [0.29, 0.717) is 37.9 Å². The third kappa shape index (κ3) is 5.07. The summed E-state index contributed by atoms with van der Waals surface area (Å²) in [6.07, 6.45) is 4.19. The van der Waals surface area contributed by atoms with Gasteiger partial charge in [-0.15, -0.1) is 0 Å². The number of urea groups is 1. The van der Waals surface area contributed by atoms with E-state index in [0.717, 1.165) is 17.9 Å². The number of hydrogen-bond acceptors (Lipinski definition) is 6. The Morgan fingerprint density at radius 3 is 2.89 bits per heavy atom. The molecule has 0 bridgehead atoms. The van der Waals surface area contributed by atoms with Crippen molar-refractivity contribution >= 4 is 11.7 Å². The topological polar surface area (TPSA) is 85.8 Å². The lowest BCUT2D eigenvalue weighted by Crippen LogP contribution is -2.32. The van der Waals surface area contributed by atoms with E-state index < -0.39 is 0 Å². The van der Waals surface area contributed by atoms with E-state index in [-0.39, 0.29) is 11.9 Å². The second-order valence-electron chi connectivity index (χ2n) is 6.21. The summed E-state index contributed by atoms with van der Waals surface area (Å²) in [7, 11) is 3.25. The highest BCUT2D eigenvalue weighted by Gasteiger charge is 2.28. The van der Waals surface area contributed by atoms with Gasteiger partial charge in [-0.3, -0.25) is 4.98 Å². The van der Waals surface area contributed by atoms with Gasteiger partial charge in [0.05, 0.1) is 25.6 Å². The number of carbonyl (C=O) groups is 1. The van der Waals surface area contributed by atoms with E-state index in [1.807, 2.05) is 12.1 Å². The van der Waals surface area contributed by atoms with Gasteiger partial charge in [0.1, 0.15) is 12.4 Å². The number of rotatable bonds is 7. The highest BCUT2D eigenvalue weighted by Crippen LogP contribution is 2.28. The van der Waals surface area contributed by atoms with E-state index in [4.69, 9.17) is 14.2 Å². The lowest BCUT2D eigenvalue weighted by Gasteiger charge is -2.17. The Bertz CT molecular complexity index is 754. The average Bonchev–Trinajstić information content (AvgIpc) is 3.20. The Balaban J connectivity index is 1.52. The summed E-state index contributed by atoms with van der Waals surface area (Å²) in [4.78, 5) is 22.9. The first-order valence-corrected chi connectivity index (χ1v) is 8.83. The van der Waals surface area contributed by atoms with Crippen molar-refractivity contribution < 1.29 is 19.0 Å². The fraction of sp³-hybridized carbons (Fsp3) is 0.421. The summed E-state index contributed by atoms with van der Waals surface area (Å²) >= 11 is 0. The second-order valence-corrected chi connectivity index (χ2v) is 6.21. The van der Waals surface area contributed by atoms with Gasteiger partial charge in [0.15, 0.2) is 0 Å². The lowest BCUT2D eigenvalue weighted by molar-refractivity contribution is 0.144. The van der Waals surface area contributed by atoms with Crippen molar-refractivity contribution in [1.82, 2.24) is 14.9 Å². The molecule has 144 valence electrons. The molecule has 2 aromatic heterocycles. The summed E-state index contributed by atoms with van der Waals surface area (Å²) < 4.78 is 15.6. The fourth-order valence-electron chi connectivity index (χ4n) is 2.94. The molecule has 1 N–H and O–H groups in total. The van der Waals surface area contributed by atoms with E-state index in [2.05, 4.69) is 15.3 Å². The zero-order valence-electron chi connectivity index (χ0n) is 15.6. The molecule has 1 aliphatic heterocycles. The van der Waals surface area contributed by atoms with Crippen LogP contribution in [0.15, 0.2) is 36.7 Å². The van der Waals surface area contributed by atoms with Gasteiger partial charge in [0, 0.05) is 50.1 Å². The zero-order chi connectivity index (χ0) is 19.1. The van der Waals surface area contributed by atoms with Crippen LogP contribution in [0.1, 0.15) is 18.0 Å². The standard InChI is InChI=1S/C19H24N4O4/c1-25-9-10-27-18-4-3-15(12-21-18)22-19(24)23-8-6-14(13-23)17-11-16(26-2)5-7-20-17/h3-5,7,11-12,14H,6,8-10,13H2,1-2H3,(H,22,24). The Morgan fingerprint density at radius 2 is 2.15 bits per heavy atom. The van der Waals surface area contributed by atoms with Crippen molar-refractivity contribution in [3.8, 4) is 11.6 Å². The molecule has 2 amide bonds. The first-order valence-electron chi connectivity index (χ1n) is 8.83. The monoisotopic (exact) mass is 372 g/mol. The second kappa shape index (κ2) is 9.18. The smallest absolute Gasteiger partial charge is 0.321 e. The molecule has 3 heterocycles. The first-order chi connectivity index (χ1) is 13.2. The lowest BCUT2D eigenvalue weighted by atomic mass is 10.0. The van der Waals surface area contributed by atoms with Crippen LogP contribution in [0.3, 0.4) is 0 Å². The minimum Gasteiger partial charge on any atom is -0.497 e. The minimum absolute atomic E-state index is 0.143. The molecule has 0 aliphatic carbocycles. The molecular weight excluding hydrogens is 348 g/mol. The number of aromatic nitrogens is 2. The van der Waals surface area contributed by atoms with Crippen molar-refractivity contribution in [2.24, 2.45) is 0 Å². The molecule has 1 aliphatic rings. The fourth-order valence-corrected chi connectivity index (χ4v) is 2.94. The number of likely N-dealkylation sites (tertiary alicyclic amines) is 1. The number of anilines is 1. The maximum atomic E-state index is 12.5. The Hall–Kier alpha value is -2.87. The SMILES string of the molecule is COCCOc1ccc(NC(=O)N2CCC(c3cc(OC)ccn3)C2)cn1. The number of methoxy groups -OCH3 is 2. The van der Waals surface area contributed by atoms with Crippen LogP contribution in [0.5, 0.6) is 11.6 Å². The van der Waals surface area contributed by atoms with Gasteiger partial charge in [0.2, 0.25) is 5.88 Å². The number of pyridine rings is 2. The van der Waals surface area contributed by atoms with Crippen LogP contribution >= 0.6 is 0 Å². The van der Waals surface area contributed by atoms with Crippen molar-refractivity contribution in [2.45, 2.75) is 12.3 Å². The summed E-state index contributed by atoms with van der Waals surface area (Å²) in [6, 6.07) is 7.09. The molecular formula is C19H24N4O4. The van der Waals surface area contributed by atoms with Gasteiger partial charge < -0.3 is 24.4 Å². The third-order valence-corrected chi connectivity index (χ3v) is 4.41. The molecule has 0 saturated carbocycles. The van der Waals surface area contributed by atoms with Gasteiger partial charge in [-0.1, -0.05) is 0 Å². The van der Waals surface area contributed by atoms with Gasteiger partial charge in [-0.25, -0.2) is 9.78 Å². The predicted molar refractivity (Wildman–Crippen MR) is 100 cm³/mol. The van der Waals surface area contributed by atoms with E-state index >= 15 is 0 Å². The summed E-state index contributed by atoms with van der Waals surface area (Å²) in [6.45, 7) is 2.24. The van der Waals surface area contributed by atoms with Crippen molar-refractivity contribution in [2.75, 3.05) is 45.8 Å². The highest BCUT2D eigenvalue weighted by atomic mass is 16.5. The first kappa shape index (κ1) is 18.9. The Morgan fingerprint density at radius 1 is 1.26 bits per heavy atom. The number of carbonyl (C=O) groups excluding carboxylic acids is 1. The predicted octanol–water partition coefficient (Wildman–Crippen LogP) is 2.53. The molecule has 1 fully saturated rings. The average molecular weight is 372 g/mol. The van der Waals surface area contributed by atoms with E-state index in [9.17, 15) is 4.79 Å². The Kier molecular flexibility index (Phi) is 6.43. The van der Waals surface area contributed by atoms with Gasteiger partial charge in [-0.05, 0) is 18.6 Å². The normalized spacial score (nSPS) is 16.2. The quantitative estimate of drug-likeness (QED) is 0.752. The number of ether oxygens (including phenoxy) is 3. The summed E-state index contributed by atoms with van der Waals surface area (Å²) in [5.74, 6) is 1.48. The van der Waals surface area contributed by atoms with Crippen LogP contribution < -0.4 is 14.8 Å². The maximum absolute atomic E-state index is 12.5. The molecule has 0 radical (unpaired) electrons. The molecule has 2 aromatic rings. The molecule has 3 rings (SSSR count). The molecule has 8 heteroatoms. The van der Waals surface area contributed by atoms with Gasteiger partial charge in [-0.2, -0.15) is 0 Å². The van der Waals surface area contributed by atoms with Crippen LogP contribution in [-0.4, -0.2) is 61.4 Å². The van der Waals surface area contributed by atoms with Crippen LogP contribution in [0.25, 0.3) is 0 Å². The highest BCUT2D eigenvalue weighted by molar-refractivity contribution is 5.89. The molecule has 1 atom stereocenters. The van der Waals surface area contributed by atoms with Crippen LogP contribution in [0.4, 0.5) is 10.5 Å². The van der Waals surface area contributed by atoms with Crippen LogP contribution in [-0.2, 0) is 4.74 Å². The molecule has 0 aromatic carbocycles. The molecule has 8 nitrogen and oxygen atoms in total. The van der Waals surface area contributed by atoms with Gasteiger partial charge in [0.25, 0.3) is 0 Å². The largest absolute Gasteiger partial charge is 0.497 e. The maximum Gasteiger partial charge on any atom is 0.321 e. The van der Waals surface area contributed by atoms with E-state index in [1.165, 1.54) is 0 Å². The minimum atomic E-state index is -0.143. The van der Waals surface area contributed by atoms with Gasteiger partial charge >= 0.3 is 6.03 Å². The van der Waals surface area contributed by atoms with Crippen LogP contribution in [0.2, 0.25) is 0 Å². The number of nitrogens with zero attached hydrogens (tertiary/aromatic N) is 3. The molecule has 1 saturated heterocycles. The number of hydrogen-bond donors (Lipinski definition) is 1. The summed E-state index contributed by atoms with van der Waals surface area (Å²) in [5, 5.41) is 2.87. The number of amides is 2. The van der Waals surface area contributed by atoms with E-state index in [1.54, 1.807) is 43.6 Å². The van der Waals surface area contributed by atoms with Crippen molar-refractivity contribution in [1.29, 1.82) is 0 Å². The third-order valence-electron chi connectivity index (χ3n) is 4.41. The molecule has 0 spiro atoms. The summed E-state index contributed by atoms with van der Waals surface area (Å²) in [5.41, 5.74) is 1.57. The van der Waals surface area contributed by atoms with Crippen molar-refractivity contribution in [3.63, 3.8) is 0 Å². The Labute approximate surface area is 158 Å². The van der Waals surface area contributed by atoms with Crippen LogP contribution in [0, 0.1) is 0 Å². The molecule has 1 unspecified atom stereocenters. The zero-order valence-corrected chi connectivity index (χ0v) is 15.6.